The summed E-state index contributed by atoms with van der Waals surface area (Å²) in [4.78, 5) is 10.6. The number of carbonyl (C=O) groups excluding carboxylic acids is 1. The molecule has 3 nitrogen and oxygen atoms in total. The van der Waals surface area contributed by atoms with Crippen molar-refractivity contribution in [2.75, 3.05) is 0 Å². The Morgan fingerprint density at radius 2 is 1.81 bits per heavy atom. The van der Waals surface area contributed by atoms with Crippen molar-refractivity contribution < 1.29 is 14.3 Å². The lowest BCUT2D eigenvalue weighted by molar-refractivity contribution is -0.147. The standard InChI is InChI=1S/C13H24O3/c1-4-5-6-7-8-11-12(9-10-14)16-13(2,3)15-11/h10-12H,4-9H2,1-3H3/t11-,12-/m1/s1. The van der Waals surface area contributed by atoms with Gasteiger partial charge in [-0.2, -0.15) is 0 Å². The van der Waals surface area contributed by atoms with E-state index in [2.05, 4.69) is 6.92 Å². The minimum atomic E-state index is -0.525. The number of aldehydes is 1. The van der Waals surface area contributed by atoms with E-state index in [1.165, 1.54) is 19.3 Å². The van der Waals surface area contributed by atoms with Crippen LogP contribution in [0.1, 0.15) is 59.3 Å². The van der Waals surface area contributed by atoms with Gasteiger partial charge >= 0.3 is 0 Å². The van der Waals surface area contributed by atoms with Crippen LogP contribution in [0.15, 0.2) is 0 Å². The lowest BCUT2D eigenvalue weighted by atomic mass is 10.0. The minimum Gasteiger partial charge on any atom is -0.345 e. The Kier molecular flexibility index (Phi) is 5.42. The van der Waals surface area contributed by atoms with E-state index in [4.69, 9.17) is 9.47 Å². The highest BCUT2D eigenvalue weighted by atomic mass is 16.7. The molecule has 1 fully saturated rings. The second-order valence-electron chi connectivity index (χ2n) is 4.96. The monoisotopic (exact) mass is 228 g/mol. The molecule has 0 spiro atoms. The predicted octanol–water partition coefficient (Wildman–Crippen LogP) is 3.07. The molecule has 0 bridgehead atoms. The highest BCUT2D eigenvalue weighted by Gasteiger charge is 2.40. The van der Waals surface area contributed by atoms with Crippen LogP contribution < -0.4 is 0 Å². The largest absolute Gasteiger partial charge is 0.345 e. The molecular weight excluding hydrogens is 204 g/mol. The van der Waals surface area contributed by atoms with Crippen molar-refractivity contribution in [1.29, 1.82) is 0 Å². The van der Waals surface area contributed by atoms with Gasteiger partial charge in [0, 0.05) is 6.42 Å². The van der Waals surface area contributed by atoms with Crippen LogP contribution >= 0.6 is 0 Å². The average molecular weight is 228 g/mol. The third kappa shape index (κ3) is 4.22. The fraction of sp³-hybridized carbons (Fsp3) is 0.923. The molecule has 1 heterocycles. The highest BCUT2D eigenvalue weighted by Crippen LogP contribution is 2.32. The van der Waals surface area contributed by atoms with Crippen LogP contribution in [-0.2, 0) is 14.3 Å². The molecule has 0 aromatic carbocycles. The summed E-state index contributed by atoms with van der Waals surface area (Å²) in [6.07, 6.45) is 7.34. The molecule has 16 heavy (non-hydrogen) atoms. The predicted molar refractivity (Wildman–Crippen MR) is 63.3 cm³/mol. The van der Waals surface area contributed by atoms with Gasteiger partial charge in [0.25, 0.3) is 0 Å². The number of carbonyl (C=O) groups is 1. The molecule has 1 saturated heterocycles. The van der Waals surface area contributed by atoms with Crippen molar-refractivity contribution in [1.82, 2.24) is 0 Å². The zero-order chi connectivity index (χ0) is 12.0. The third-order valence-corrected chi connectivity index (χ3v) is 2.96. The van der Waals surface area contributed by atoms with E-state index in [1.807, 2.05) is 13.8 Å². The summed E-state index contributed by atoms with van der Waals surface area (Å²) >= 11 is 0. The van der Waals surface area contributed by atoms with E-state index in [0.29, 0.717) is 6.42 Å². The maximum atomic E-state index is 10.6. The van der Waals surface area contributed by atoms with Crippen molar-refractivity contribution in [2.45, 2.75) is 77.3 Å². The molecule has 94 valence electrons. The van der Waals surface area contributed by atoms with Crippen LogP contribution in [0.5, 0.6) is 0 Å². The molecule has 1 rings (SSSR count). The minimum absolute atomic E-state index is 0.0471. The molecule has 3 heteroatoms. The second kappa shape index (κ2) is 6.36. The first kappa shape index (κ1) is 13.7. The molecule has 1 aliphatic heterocycles. The first-order valence-electron chi connectivity index (χ1n) is 6.38. The van der Waals surface area contributed by atoms with Crippen LogP contribution in [0.25, 0.3) is 0 Å². The zero-order valence-electron chi connectivity index (χ0n) is 10.7. The van der Waals surface area contributed by atoms with Crippen molar-refractivity contribution in [2.24, 2.45) is 0 Å². The maximum Gasteiger partial charge on any atom is 0.163 e. The van der Waals surface area contributed by atoms with Gasteiger partial charge in [0.15, 0.2) is 5.79 Å². The molecule has 0 aromatic rings. The summed E-state index contributed by atoms with van der Waals surface area (Å²) in [6, 6.07) is 0. The normalized spacial score (nSPS) is 28.2. The van der Waals surface area contributed by atoms with Gasteiger partial charge in [0.05, 0.1) is 12.2 Å². The number of hydrogen-bond acceptors (Lipinski definition) is 3. The summed E-state index contributed by atoms with van der Waals surface area (Å²) < 4.78 is 11.5. The average Bonchev–Trinajstić information content (AvgIpc) is 2.49. The van der Waals surface area contributed by atoms with Gasteiger partial charge in [0.1, 0.15) is 6.29 Å². The Hall–Kier alpha value is -0.410. The summed E-state index contributed by atoms with van der Waals surface area (Å²) in [5, 5.41) is 0. The zero-order valence-corrected chi connectivity index (χ0v) is 10.7. The van der Waals surface area contributed by atoms with E-state index < -0.39 is 5.79 Å². The number of ether oxygens (including phenoxy) is 2. The Bertz CT molecular complexity index is 213. The lowest BCUT2D eigenvalue weighted by Gasteiger charge is -2.16. The smallest absolute Gasteiger partial charge is 0.163 e. The summed E-state index contributed by atoms with van der Waals surface area (Å²) in [7, 11) is 0. The van der Waals surface area contributed by atoms with Gasteiger partial charge in [-0.05, 0) is 20.3 Å². The molecule has 0 N–H and O–H groups in total. The van der Waals surface area contributed by atoms with Gasteiger partial charge in [-0.15, -0.1) is 0 Å². The van der Waals surface area contributed by atoms with Gasteiger partial charge in [-0.25, -0.2) is 0 Å². The first-order chi connectivity index (χ1) is 7.59. The van der Waals surface area contributed by atoms with E-state index in [0.717, 1.165) is 19.1 Å². The van der Waals surface area contributed by atoms with Crippen LogP contribution in [0.4, 0.5) is 0 Å². The van der Waals surface area contributed by atoms with Crippen LogP contribution in [0, 0.1) is 0 Å². The fourth-order valence-corrected chi connectivity index (χ4v) is 2.22. The van der Waals surface area contributed by atoms with Gasteiger partial charge < -0.3 is 14.3 Å². The first-order valence-corrected chi connectivity index (χ1v) is 6.38. The van der Waals surface area contributed by atoms with Crippen LogP contribution in [0.2, 0.25) is 0 Å². The number of unbranched alkanes of at least 4 members (excludes halogenated alkanes) is 3. The van der Waals surface area contributed by atoms with E-state index in [9.17, 15) is 4.79 Å². The Morgan fingerprint density at radius 3 is 2.44 bits per heavy atom. The van der Waals surface area contributed by atoms with E-state index in [1.54, 1.807) is 0 Å². The Morgan fingerprint density at radius 1 is 1.12 bits per heavy atom. The second-order valence-corrected chi connectivity index (χ2v) is 4.96. The van der Waals surface area contributed by atoms with Crippen molar-refractivity contribution in [3.05, 3.63) is 0 Å². The van der Waals surface area contributed by atoms with Gasteiger partial charge in [-0.1, -0.05) is 32.6 Å². The maximum absolute atomic E-state index is 10.6. The number of rotatable bonds is 7. The van der Waals surface area contributed by atoms with Crippen molar-refractivity contribution >= 4 is 6.29 Å². The molecule has 1 aliphatic rings. The molecule has 0 saturated carbocycles. The third-order valence-electron chi connectivity index (χ3n) is 2.96. The Labute approximate surface area is 98.5 Å². The van der Waals surface area contributed by atoms with Gasteiger partial charge in [0.2, 0.25) is 0 Å². The van der Waals surface area contributed by atoms with E-state index in [-0.39, 0.29) is 12.2 Å². The molecule has 0 radical (unpaired) electrons. The van der Waals surface area contributed by atoms with Crippen molar-refractivity contribution in [3.63, 3.8) is 0 Å². The SMILES string of the molecule is CCCCCC[C@H]1OC(C)(C)O[C@@H]1CC=O. The summed E-state index contributed by atoms with van der Waals surface area (Å²) in [6.45, 7) is 6.03. The summed E-state index contributed by atoms with van der Waals surface area (Å²) in [5.41, 5.74) is 0. The van der Waals surface area contributed by atoms with Crippen LogP contribution in [-0.4, -0.2) is 24.3 Å². The molecule has 0 unspecified atom stereocenters. The molecular formula is C13H24O3. The lowest BCUT2D eigenvalue weighted by Crippen LogP contribution is -2.22. The Balaban J connectivity index is 2.34. The highest BCUT2D eigenvalue weighted by molar-refractivity contribution is 5.50. The van der Waals surface area contributed by atoms with E-state index >= 15 is 0 Å². The van der Waals surface area contributed by atoms with Gasteiger partial charge in [-0.3, -0.25) is 0 Å². The fourth-order valence-electron chi connectivity index (χ4n) is 2.22. The topological polar surface area (TPSA) is 35.5 Å². The quantitative estimate of drug-likeness (QED) is 0.496. The van der Waals surface area contributed by atoms with Crippen LogP contribution in [0.3, 0.4) is 0 Å². The summed E-state index contributed by atoms with van der Waals surface area (Å²) in [5.74, 6) is -0.525. The molecule has 0 aliphatic carbocycles. The van der Waals surface area contributed by atoms with Crippen molar-refractivity contribution in [3.8, 4) is 0 Å². The molecule has 0 amide bonds. The molecule has 0 aromatic heterocycles. The number of hydrogen-bond donors (Lipinski definition) is 0. The molecule has 2 atom stereocenters.